The quantitative estimate of drug-likeness (QED) is 0.683. The molecule has 3 aromatic rings. The number of carbonyl (C=O) groups is 1. The summed E-state index contributed by atoms with van der Waals surface area (Å²) in [5.41, 5.74) is 2.89. The van der Waals surface area contributed by atoms with E-state index in [1.165, 1.54) is 6.33 Å². The Morgan fingerprint density at radius 2 is 2.14 bits per heavy atom. The van der Waals surface area contributed by atoms with Gasteiger partial charge in [-0.05, 0) is 36.4 Å². The fourth-order valence-electron chi connectivity index (χ4n) is 2.06. The minimum absolute atomic E-state index is 0.195. The first-order valence-electron chi connectivity index (χ1n) is 6.57. The van der Waals surface area contributed by atoms with Crippen molar-refractivity contribution in [2.45, 2.75) is 19.9 Å². The molecular formula is C14H14N6O. The third kappa shape index (κ3) is 2.45. The molecule has 3 rings (SSSR count). The standard InChI is InChI=1S/C14H14N6O/c1-10(2)19-7-12(8-21)14(16-19)11-4-3-5-13(6-11)20-9-15-17-18-20/h3-10H,1-2H3. The Hall–Kier alpha value is -2.83. The Kier molecular flexibility index (Phi) is 3.31. The minimum atomic E-state index is 0.195. The molecule has 0 aliphatic carbocycles. The summed E-state index contributed by atoms with van der Waals surface area (Å²) >= 11 is 0. The Balaban J connectivity index is 2.08. The molecule has 7 nitrogen and oxygen atoms in total. The maximum Gasteiger partial charge on any atom is 0.153 e. The van der Waals surface area contributed by atoms with Crippen LogP contribution in [0.2, 0.25) is 0 Å². The smallest absolute Gasteiger partial charge is 0.153 e. The van der Waals surface area contributed by atoms with Gasteiger partial charge in [0.05, 0.1) is 11.3 Å². The number of aromatic nitrogens is 6. The summed E-state index contributed by atoms with van der Waals surface area (Å²) in [6, 6.07) is 7.78. The second kappa shape index (κ2) is 5.28. The van der Waals surface area contributed by atoms with Crippen molar-refractivity contribution in [3.8, 4) is 16.9 Å². The maximum absolute atomic E-state index is 11.3. The van der Waals surface area contributed by atoms with Gasteiger partial charge >= 0.3 is 0 Å². The van der Waals surface area contributed by atoms with E-state index in [0.29, 0.717) is 11.3 Å². The van der Waals surface area contributed by atoms with Crippen LogP contribution < -0.4 is 0 Å². The largest absolute Gasteiger partial charge is 0.298 e. The molecule has 2 aromatic heterocycles. The number of benzene rings is 1. The van der Waals surface area contributed by atoms with Crippen LogP contribution in [-0.2, 0) is 0 Å². The number of tetrazole rings is 1. The average molecular weight is 282 g/mol. The average Bonchev–Trinajstić information content (AvgIpc) is 3.16. The molecule has 106 valence electrons. The zero-order valence-electron chi connectivity index (χ0n) is 11.7. The molecule has 2 heterocycles. The van der Waals surface area contributed by atoms with Crippen molar-refractivity contribution in [3.05, 3.63) is 42.4 Å². The molecule has 1 aromatic carbocycles. The van der Waals surface area contributed by atoms with Crippen molar-refractivity contribution in [1.82, 2.24) is 30.0 Å². The van der Waals surface area contributed by atoms with Crippen LogP contribution in [0.1, 0.15) is 30.2 Å². The lowest BCUT2D eigenvalue weighted by atomic mass is 10.1. The van der Waals surface area contributed by atoms with Crippen molar-refractivity contribution in [1.29, 1.82) is 0 Å². The van der Waals surface area contributed by atoms with Gasteiger partial charge in [0.2, 0.25) is 0 Å². The molecule has 0 fully saturated rings. The van der Waals surface area contributed by atoms with Crippen LogP contribution in [0.5, 0.6) is 0 Å². The number of hydrogen-bond donors (Lipinski definition) is 0. The van der Waals surface area contributed by atoms with E-state index < -0.39 is 0 Å². The van der Waals surface area contributed by atoms with E-state index in [9.17, 15) is 4.79 Å². The Labute approximate surface area is 121 Å². The fraction of sp³-hybridized carbons (Fsp3) is 0.214. The van der Waals surface area contributed by atoms with Crippen molar-refractivity contribution < 1.29 is 4.79 Å². The van der Waals surface area contributed by atoms with Gasteiger partial charge in [-0.25, -0.2) is 4.68 Å². The van der Waals surface area contributed by atoms with Gasteiger partial charge in [0.15, 0.2) is 6.29 Å². The number of hydrogen-bond acceptors (Lipinski definition) is 5. The Morgan fingerprint density at radius 3 is 2.81 bits per heavy atom. The van der Waals surface area contributed by atoms with Gasteiger partial charge in [-0.3, -0.25) is 9.48 Å². The molecule has 0 saturated carbocycles. The second-order valence-electron chi connectivity index (χ2n) is 4.93. The SMILES string of the molecule is CC(C)n1cc(C=O)c(-c2cccc(-n3cnnn3)c2)n1. The highest BCUT2D eigenvalue weighted by molar-refractivity contribution is 5.85. The van der Waals surface area contributed by atoms with E-state index in [4.69, 9.17) is 0 Å². The second-order valence-corrected chi connectivity index (χ2v) is 4.93. The highest BCUT2D eigenvalue weighted by Gasteiger charge is 2.13. The molecular weight excluding hydrogens is 268 g/mol. The molecule has 0 unspecified atom stereocenters. The van der Waals surface area contributed by atoms with Gasteiger partial charge in [-0.15, -0.1) is 5.10 Å². The first-order valence-corrected chi connectivity index (χ1v) is 6.57. The molecule has 0 aliphatic rings. The van der Waals surface area contributed by atoms with Crippen molar-refractivity contribution in [2.24, 2.45) is 0 Å². The van der Waals surface area contributed by atoms with Crippen LogP contribution in [0.3, 0.4) is 0 Å². The minimum Gasteiger partial charge on any atom is -0.298 e. The predicted molar refractivity (Wildman–Crippen MR) is 76.1 cm³/mol. The summed E-state index contributed by atoms with van der Waals surface area (Å²) in [5.74, 6) is 0. The lowest BCUT2D eigenvalue weighted by Crippen LogP contribution is -2.01. The molecule has 7 heteroatoms. The van der Waals surface area contributed by atoms with Crippen LogP contribution in [0, 0.1) is 0 Å². The Bertz CT molecular complexity index is 760. The third-order valence-corrected chi connectivity index (χ3v) is 3.15. The summed E-state index contributed by atoms with van der Waals surface area (Å²) in [6.45, 7) is 4.03. The third-order valence-electron chi connectivity index (χ3n) is 3.15. The number of aldehydes is 1. The monoisotopic (exact) mass is 282 g/mol. The highest BCUT2D eigenvalue weighted by atomic mass is 16.1. The summed E-state index contributed by atoms with van der Waals surface area (Å²) in [4.78, 5) is 11.3. The first kappa shape index (κ1) is 13.2. The summed E-state index contributed by atoms with van der Waals surface area (Å²) in [7, 11) is 0. The number of carbonyl (C=O) groups excluding carboxylic acids is 1. The number of nitrogens with zero attached hydrogens (tertiary/aromatic N) is 6. The summed E-state index contributed by atoms with van der Waals surface area (Å²) < 4.78 is 3.34. The number of rotatable bonds is 4. The lowest BCUT2D eigenvalue weighted by Gasteiger charge is -2.04. The molecule has 0 atom stereocenters. The van der Waals surface area contributed by atoms with Gasteiger partial charge < -0.3 is 0 Å². The van der Waals surface area contributed by atoms with Crippen LogP contribution in [-0.4, -0.2) is 36.3 Å². The van der Waals surface area contributed by atoms with E-state index in [0.717, 1.165) is 17.5 Å². The molecule has 0 bridgehead atoms. The summed E-state index contributed by atoms with van der Waals surface area (Å²) in [5, 5.41) is 15.6. The van der Waals surface area contributed by atoms with Gasteiger partial charge in [0.1, 0.15) is 12.0 Å². The predicted octanol–water partition coefficient (Wildman–Crippen LogP) is 1.92. The van der Waals surface area contributed by atoms with Crippen LogP contribution >= 0.6 is 0 Å². The van der Waals surface area contributed by atoms with E-state index in [-0.39, 0.29) is 6.04 Å². The molecule has 0 radical (unpaired) electrons. The molecule has 0 spiro atoms. The van der Waals surface area contributed by atoms with E-state index >= 15 is 0 Å². The fourth-order valence-corrected chi connectivity index (χ4v) is 2.06. The normalized spacial score (nSPS) is 11.0. The summed E-state index contributed by atoms with van der Waals surface area (Å²) in [6.07, 6.45) is 4.11. The van der Waals surface area contributed by atoms with Crippen molar-refractivity contribution >= 4 is 6.29 Å². The molecule has 21 heavy (non-hydrogen) atoms. The van der Waals surface area contributed by atoms with E-state index in [1.54, 1.807) is 15.6 Å². The molecule has 0 saturated heterocycles. The van der Waals surface area contributed by atoms with Crippen molar-refractivity contribution in [3.63, 3.8) is 0 Å². The van der Waals surface area contributed by atoms with Crippen LogP contribution in [0.4, 0.5) is 0 Å². The zero-order chi connectivity index (χ0) is 14.8. The molecule has 0 amide bonds. The van der Waals surface area contributed by atoms with Crippen LogP contribution in [0.25, 0.3) is 16.9 Å². The van der Waals surface area contributed by atoms with Gasteiger partial charge in [0, 0.05) is 17.8 Å². The maximum atomic E-state index is 11.3. The van der Waals surface area contributed by atoms with E-state index in [1.807, 2.05) is 38.1 Å². The van der Waals surface area contributed by atoms with E-state index in [2.05, 4.69) is 20.6 Å². The molecule has 0 N–H and O–H groups in total. The topological polar surface area (TPSA) is 78.5 Å². The molecule has 0 aliphatic heterocycles. The first-order chi connectivity index (χ1) is 10.2. The Morgan fingerprint density at radius 1 is 1.29 bits per heavy atom. The van der Waals surface area contributed by atoms with Crippen LogP contribution in [0.15, 0.2) is 36.8 Å². The van der Waals surface area contributed by atoms with Gasteiger partial charge in [-0.1, -0.05) is 12.1 Å². The van der Waals surface area contributed by atoms with Gasteiger partial charge in [0.25, 0.3) is 0 Å². The lowest BCUT2D eigenvalue weighted by molar-refractivity contribution is 0.112. The zero-order valence-corrected chi connectivity index (χ0v) is 11.7. The van der Waals surface area contributed by atoms with Gasteiger partial charge in [-0.2, -0.15) is 5.10 Å². The van der Waals surface area contributed by atoms with Crippen molar-refractivity contribution in [2.75, 3.05) is 0 Å². The highest BCUT2D eigenvalue weighted by Crippen LogP contribution is 2.24.